The van der Waals surface area contributed by atoms with Crippen molar-refractivity contribution < 1.29 is 9.53 Å². The van der Waals surface area contributed by atoms with Crippen molar-refractivity contribution in [1.29, 1.82) is 0 Å². The number of hydrogen-bond acceptors (Lipinski definition) is 5. The molecular formula is C24H22N2O4S. The number of nitrogens with zero attached hydrogens (tertiary/aromatic N) is 1. The van der Waals surface area contributed by atoms with Gasteiger partial charge in [0.15, 0.2) is 5.78 Å². The van der Waals surface area contributed by atoms with E-state index in [-0.39, 0.29) is 12.3 Å². The summed E-state index contributed by atoms with van der Waals surface area (Å²) in [4.78, 5) is 41.9. The zero-order chi connectivity index (χ0) is 22.3. The number of thiophene rings is 1. The molecule has 158 valence electrons. The average molecular weight is 435 g/mol. The third kappa shape index (κ3) is 3.72. The number of carbonyl (C=O) groups excluding carboxylic acids is 1. The maximum absolute atomic E-state index is 13.3. The lowest BCUT2D eigenvalue weighted by Crippen LogP contribution is -2.37. The van der Waals surface area contributed by atoms with Gasteiger partial charge in [-0.15, -0.1) is 11.3 Å². The van der Waals surface area contributed by atoms with E-state index in [4.69, 9.17) is 4.74 Å². The first-order valence-electron chi connectivity index (χ1n) is 9.80. The van der Waals surface area contributed by atoms with Crippen LogP contribution in [0.2, 0.25) is 0 Å². The summed E-state index contributed by atoms with van der Waals surface area (Å²) in [5, 5.41) is 2.25. The molecule has 2 aromatic heterocycles. The lowest BCUT2D eigenvalue weighted by molar-refractivity contribution is 0.0969. The second-order valence-electron chi connectivity index (χ2n) is 7.58. The predicted molar refractivity (Wildman–Crippen MR) is 124 cm³/mol. The number of nitrogens with one attached hydrogen (secondary N) is 1. The van der Waals surface area contributed by atoms with Gasteiger partial charge in [0.2, 0.25) is 0 Å². The molecule has 2 heterocycles. The standard InChI is InChI=1S/C24H22N2O4S/c1-13-5-6-17(9-14(13)2)19(27)11-26-23(28)21-18(12-31-22(21)25-24(26)29)16-7-8-20(30-4)15(3)10-16/h5-10,12H,11H2,1-4H3,(H,25,29). The van der Waals surface area contributed by atoms with Crippen molar-refractivity contribution >= 4 is 27.3 Å². The van der Waals surface area contributed by atoms with Gasteiger partial charge >= 0.3 is 5.69 Å². The second kappa shape index (κ2) is 8.00. The third-order valence-electron chi connectivity index (χ3n) is 5.55. The number of Topliss-reactive ketones (excluding diaryl/α,β-unsaturated/α-hetero) is 1. The Morgan fingerprint density at radius 3 is 2.48 bits per heavy atom. The van der Waals surface area contributed by atoms with Crippen LogP contribution in [-0.4, -0.2) is 22.4 Å². The Morgan fingerprint density at radius 2 is 1.81 bits per heavy atom. The largest absolute Gasteiger partial charge is 0.496 e. The Balaban J connectivity index is 1.80. The van der Waals surface area contributed by atoms with E-state index in [1.807, 2.05) is 50.4 Å². The number of aromatic amines is 1. The number of benzene rings is 2. The van der Waals surface area contributed by atoms with Crippen LogP contribution < -0.4 is 16.0 Å². The van der Waals surface area contributed by atoms with E-state index in [1.54, 1.807) is 19.2 Å². The molecule has 4 aromatic rings. The molecule has 0 radical (unpaired) electrons. The Labute approximate surface area is 182 Å². The molecule has 0 aliphatic heterocycles. The smallest absolute Gasteiger partial charge is 0.329 e. The predicted octanol–water partition coefficient (Wildman–Crippen LogP) is 4.24. The summed E-state index contributed by atoms with van der Waals surface area (Å²) in [7, 11) is 1.61. The first kappa shape index (κ1) is 20.8. The fourth-order valence-electron chi connectivity index (χ4n) is 3.61. The van der Waals surface area contributed by atoms with Gasteiger partial charge in [-0.2, -0.15) is 0 Å². The summed E-state index contributed by atoms with van der Waals surface area (Å²) >= 11 is 1.30. The van der Waals surface area contributed by atoms with Gasteiger partial charge < -0.3 is 4.74 Å². The molecule has 0 bridgehead atoms. The van der Waals surface area contributed by atoms with Crippen LogP contribution in [0.5, 0.6) is 5.75 Å². The molecule has 1 N–H and O–H groups in total. The van der Waals surface area contributed by atoms with Crippen molar-refractivity contribution in [1.82, 2.24) is 9.55 Å². The molecule has 0 aliphatic carbocycles. The number of aromatic nitrogens is 2. The van der Waals surface area contributed by atoms with Crippen molar-refractivity contribution in [2.45, 2.75) is 27.3 Å². The highest BCUT2D eigenvalue weighted by atomic mass is 32.1. The maximum atomic E-state index is 13.3. The molecule has 0 atom stereocenters. The van der Waals surface area contributed by atoms with Gasteiger partial charge in [-0.25, -0.2) is 4.79 Å². The van der Waals surface area contributed by atoms with Gasteiger partial charge in [0.05, 0.1) is 19.0 Å². The molecule has 0 fully saturated rings. The summed E-state index contributed by atoms with van der Waals surface area (Å²) in [6.45, 7) is 5.50. The summed E-state index contributed by atoms with van der Waals surface area (Å²) in [5.41, 5.74) is 3.98. The van der Waals surface area contributed by atoms with Crippen LogP contribution in [0, 0.1) is 20.8 Å². The highest BCUT2D eigenvalue weighted by Crippen LogP contribution is 2.32. The number of aryl methyl sites for hydroxylation is 3. The number of hydrogen-bond donors (Lipinski definition) is 1. The second-order valence-corrected chi connectivity index (χ2v) is 8.46. The van der Waals surface area contributed by atoms with Crippen LogP contribution in [0.3, 0.4) is 0 Å². The summed E-state index contributed by atoms with van der Waals surface area (Å²) in [5.74, 6) is 0.472. The minimum Gasteiger partial charge on any atom is -0.496 e. The van der Waals surface area contributed by atoms with Crippen molar-refractivity contribution in [2.75, 3.05) is 7.11 Å². The first-order chi connectivity index (χ1) is 14.8. The van der Waals surface area contributed by atoms with E-state index in [0.717, 1.165) is 38.1 Å². The molecule has 0 saturated carbocycles. The first-order valence-corrected chi connectivity index (χ1v) is 10.7. The summed E-state index contributed by atoms with van der Waals surface area (Å²) in [6, 6.07) is 11.0. The number of ketones is 1. The van der Waals surface area contributed by atoms with Gasteiger partial charge in [0.1, 0.15) is 10.6 Å². The lowest BCUT2D eigenvalue weighted by Gasteiger charge is -2.08. The maximum Gasteiger partial charge on any atom is 0.329 e. The molecular weight excluding hydrogens is 412 g/mol. The number of ether oxygens (including phenoxy) is 1. The van der Waals surface area contributed by atoms with E-state index >= 15 is 0 Å². The Bertz CT molecular complexity index is 1440. The van der Waals surface area contributed by atoms with E-state index in [0.29, 0.717) is 15.8 Å². The molecule has 31 heavy (non-hydrogen) atoms. The lowest BCUT2D eigenvalue weighted by atomic mass is 10.0. The molecule has 0 aliphatic rings. The highest BCUT2D eigenvalue weighted by molar-refractivity contribution is 7.17. The van der Waals surface area contributed by atoms with Gasteiger partial charge in [-0.05, 0) is 61.2 Å². The van der Waals surface area contributed by atoms with Crippen LogP contribution >= 0.6 is 11.3 Å². The Hall–Kier alpha value is -3.45. The molecule has 6 nitrogen and oxygen atoms in total. The fraction of sp³-hybridized carbons (Fsp3) is 0.208. The molecule has 0 unspecified atom stereocenters. The monoisotopic (exact) mass is 434 g/mol. The van der Waals surface area contributed by atoms with E-state index < -0.39 is 11.2 Å². The normalized spacial score (nSPS) is 11.1. The molecule has 0 spiro atoms. The number of H-pyrrole nitrogens is 1. The Morgan fingerprint density at radius 1 is 1.03 bits per heavy atom. The van der Waals surface area contributed by atoms with Crippen LogP contribution in [0.25, 0.3) is 21.3 Å². The van der Waals surface area contributed by atoms with Crippen LogP contribution in [0.15, 0.2) is 51.4 Å². The molecule has 0 amide bonds. The Kier molecular flexibility index (Phi) is 5.37. The molecule has 7 heteroatoms. The third-order valence-corrected chi connectivity index (χ3v) is 6.45. The highest BCUT2D eigenvalue weighted by Gasteiger charge is 2.18. The minimum atomic E-state index is -0.589. The van der Waals surface area contributed by atoms with Gasteiger partial charge in [0.25, 0.3) is 5.56 Å². The number of fused-ring (bicyclic) bond motifs is 1. The van der Waals surface area contributed by atoms with Crippen LogP contribution in [0.1, 0.15) is 27.0 Å². The van der Waals surface area contributed by atoms with Gasteiger partial charge in [-0.3, -0.25) is 19.1 Å². The SMILES string of the molecule is COc1ccc(-c2csc3[nH]c(=O)n(CC(=O)c4ccc(C)c(C)c4)c(=O)c23)cc1C. The number of rotatable bonds is 5. The van der Waals surface area contributed by atoms with Crippen molar-refractivity contribution in [2.24, 2.45) is 0 Å². The van der Waals surface area contributed by atoms with Crippen LogP contribution in [-0.2, 0) is 6.54 Å². The average Bonchev–Trinajstić information content (AvgIpc) is 3.16. The van der Waals surface area contributed by atoms with Crippen molar-refractivity contribution in [3.63, 3.8) is 0 Å². The van der Waals surface area contributed by atoms with Crippen LogP contribution in [0.4, 0.5) is 0 Å². The van der Waals surface area contributed by atoms with Crippen molar-refractivity contribution in [3.05, 3.63) is 84.9 Å². The molecule has 0 saturated heterocycles. The number of methoxy groups -OCH3 is 1. The van der Waals surface area contributed by atoms with E-state index in [1.165, 1.54) is 11.3 Å². The zero-order valence-corrected chi connectivity index (χ0v) is 18.6. The zero-order valence-electron chi connectivity index (χ0n) is 17.7. The summed E-state index contributed by atoms with van der Waals surface area (Å²) < 4.78 is 6.30. The topological polar surface area (TPSA) is 81.2 Å². The van der Waals surface area contributed by atoms with Gasteiger partial charge in [0, 0.05) is 16.5 Å². The minimum absolute atomic E-state index is 0.285. The summed E-state index contributed by atoms with van der Waals surface area (Å²) in [6.07, 6.45) is 0. The van der Waals surface area contributed by atoms with Gasteiger partial charge in [-0.1, -0.05) is 18.2 Å². The number of carbonyl (C=O) groups is 1. The molecule has 2 aromatic carbocycles. The quantitative estimate of drug-likeness (QED) is 0.477. The van der Waals surface area contributed by atoms with Crippen molar-refractivity contribution in [3.8, 4) is 16.9 Å². The fourth-order valence-corrected chi connectivity index (χ4v) is 4.56. The van der Waals surface area contributed by atoms with E-state index in [9.17, 15) is 14.4 Å². The molecule has 4 rings (SSSR count). The van der Waals surface area contributed by atoms with E-state index in [2.05, 4.69) is 4.98 Å².